The lowest BCUT2D eigenvalue weighted by atomic mass is 9.87. The van der Waals surface area contributed by atoms with Crippen molar-refractivity contribution in [2.45, 2.75) is 74.5 Å². The molecule has 0 heterocycles. The average Bonchev–Trinajstić information content (AvgIpc) is 2.55. The normalized spacial score (nSPS) is 25.1. The van der Waals surface area contributed by atoms with Gasteiger partial charge in [0.25, 0.3) is 0 Å². The molecule has 0 amide bonds. The van der Waals surface area contributed by atoms with E-state index in [-0.39, 0.29) is 11.5 Å². The van der Waals surface area contributed by atoms with Crippen LogP contribution in [0.2, 0.25) is 0 Å². The molecule has 1 nitrogen and oxygen atoms in total. The monoisotopic (exact) mass is 278 g/mol. The highest BCUT2D eigenvalue weighted by molar-refractivity contribution is 8.00. The molecule has 1 saturated carbocycles. The zero-order chi connectivity index (χ0) is 13.9. The molecule has 1 aromatic rings. The fourth-order valence-electron chi connectivity index (χ4n) is 2.60. The molecule has 0 aromatic heterocycles. The van der Waals surface area contributed by atoms with Gasteiger partial charge in [0.05, 0.1) is 6.10 Å². The number of aliphatic hydroxyl groups excluding tert-OH is 1. The molecule has 106 valence electrons. The zero-order valence-corrected chi connectivity index (χ0v) is 13.2. The summed E-state index contributed by atoms with van der Waals surface area (Å²) < 4.78 is 0. The first-order valence-corrected chi connectivity index (χ1v) is 8.30. The van der Waals surface area contributed by atoms with Gasteiger partial charge in [0.2, 0.25) is 0 Å². The van der Waals surface area contributed by atoms with Gasteiger partial charge in [0, 0.05) is 10.1 Å². The highest BCUT2D eigenvalue weighted by atomic mass is 32.2. The lowest BCUT2D eigenvalue weighted by Gasteiger charge is -2.21. The van der Waals surface area contributed by atoms with E-state index in [4.69, 9.17) is 0 Å². The van der Waals surface area contributed by atoms with Crippen molar-refractivity contribution in [3.8, 4) is 0 Å². The maximum atomic E-state index is 10.2. The van der Waals surface area contributed by atoms with Crippen molar-refractivity contribution in [2.24, 2.45) is 0 Å². The second kappa shape index (κ2) is 6.32. The third kappa shape index (κ3) is 4.25. The summed E-state index contributed by atoms with van der Waals surface area (Å²) >= 11 is 1.86. The Morgan fingerprint density at radius 3 is 2.26 bits per heavy atom. The van der Waals surface area contributed by atoms with Crippen LogP contribution in [0.25, 0.3) is 0 Å². The smallest absolute Gasteiger partial charge is 0.0662 e. The van der Waals surface area contributed by atoms with Gasteiger partial charge < -0.3 is 5.11 Å². The van der Waals surface area contributed by atoms with E-state index < -0.39 is 0 Å². The molecule has 1 aliphatic carbocycles. The molecule has 1 aliphatic rings. The molecule has 2 atom stereocenters. The fourth-order valence-corrected chi connectivity index (χ4v) is 3.82. The molecule has 2 heteroatoms. The third-order valence-corrected chi connectivity index (χ3v) is 5.32. The number of hydrogen-bond donors (Lipinski definition) is 1. The molecule has 0 unspecified atom stereocenters. The van der Waals surface area contributed by atoms with E-state index in [2.05, 4.69) is 45.0 Å². The Kier molecular flexibility index (Phi) is 4.97. The van der Waals surface area contributed by atoms with Crippen LogP contribution in [-0.4, -0.2) is 16.5 Å². The van der Waals surface area contributed by atoms with Crippen LogP contribution in [0.3, 0.4) is 0 Å². The molecule has 1 fully saturated rings. The van der Waals surface area contributed by atoms with E-state index in [0.717, 1.165) is 12.8 Å². The maximum Gasteiger partial charge on any atom is 0.0662 e. The average molecular weight is 278 g/mol. The summed E-state index contributed by atoms with van der Waals surface area (Å²) in [5.74, 6) is 0. The summed E-state index contributed by atoms with van der Waals surface area (Å²) in [7, 11) is 0. The predicted molar refractivity (Wildman–Crippen MR) is 83.9 cm³/mol. The van der Waals surface area contributed by atoms with E-state index in [1.807, 2.05) is 11.8 Å². The van der Waals surface area contributed by atoms with Gasteiger partial charge in [-0.1, -0.05) is 52.2 Å². The zero-order valence-electron chi connectivity index (χ0n) is 12.4. The summed E-state index contributed by atoms with van der Waals surface area (Å²) in [4.78, 5) is 1.29. The summed E-state index contributed by atoms with van der Waals surface area (Å²) in [5, 5.41) is 10.6. The summed E-state index contributed by atoms with van der Waals surface area (Å²) in [6, 6.07) is 8.88. The van der Waals surface area contributed by atoms with Gasteiger partial charge in [0.15, 0.2) is 0 Å². The molecule has 0 aliphatic heterocycles. The van der Waals surface area contributed by atoms with Crippen LogP contribution in [0.4, 0.5) is 0 Å². The number of hydrogen-bond acceptors (Lipinski definition) is 2. The summed E-state index contributed by atoms with van der Waals surface area (Å²) in [6.07, 6.45) is 5.70. The van der Waals surface area contributed by atoms with Gasteiger partial charge in [-0.25, -0.2) is 0 Å². The van der Waals surface area contributed by atoms with Crippen molar-refractivity contribution >= 4 is 11.8 Å². The summed E-state index contributed by atoms with van der Waals surface area (Å²) in [6.45, 7) is 6.72. The first-order chi connectivity index (χ1) is 8.97. The van der Waals surface area contributed by atoms with Gasteiger partial charge in [-0.15, -0.1) is 11.8 Å². The van der Waals surface area contributed by atoms with Crippen molar-refractivity contribution in [3.05, 3.63) is 29.8 Å². The van der Waals surface area contributed by atoms with Crippen LogP contribution in [0.15, 0.2) is 29.2 Å². The van der Waals surface area contributed by atoms with Crippen molar-refractivity contribution < 1.29 is 5.11 Å². The molecule has 0 radical (unpaired) electrons. The van der Waals surface area contributed by atoms with Crippen LogP contribution in [-0.2, 0) is 5.41 Å². The first kappa shape index (κ1) is 14.9. The maximum absolute atomic E-state index is 10.2. The van der Waals surface area contributed by atoms with E-state index in [9.17, 15) is 5.11 Å². The Bertz CT molecular complexity index is 391. The lowest BCUT2D eigenvalue weighted by Crippen LogP contribution is -2.21. The van der Waals surface area contributed by atoms with Gasteiger partial charge in [0.1, 0.15) is 0 Å². The highest BCUT2D eigenvalue weighted by Crippen LogP contribution is 2.34. The number of aliphatic hydroxyl groups is 1. The molecule has 0 spiro atoms. The number of thioether (sulfide) groups is 1. The van der Waals surface area contributed by atoms with E-state index in [1.54, 1.807) is 0 Å². The summed E-state index contributed by atoms with van der Waals surface area (Å²) in [5.41, 5.74) is 1.59. The fraction of sp³-hybridized carbons (Fsp3) is 0.647. The molecule has 0 bridgehead atoms. The quantitative estimate of drug-likeness (QED) is 0.786. The van der Waals surface area contributed by atoms with Crippen LogP contribution in [0.1, 0.15) is 58.4 Å². The Morgan fingerprint density at radius 2 is 1.63 bits per heavy atom. The largest absolute Gasteiger partial charge is 0.392 e. The second-order valence-corrected chi connectivity index (χ2v) is 7.95. The lowest BCUT2D eigenvalue weighted by molar-refractivity contribution is 0.163. The Morgan fingerprint density at radius 1 is 1.00 bits per heavy atom. The Hall–Kier alpha value is -0.470. The predicted octanol–water partition coefficient (Wildman–Crippen LogP) is 4.77. The molecule has 19 heavy (non-hydrogen) atoms. The highest BCUT2D eigenvalue weighted by Gasteiger charge is 2.22. The number of benzene rings is 1. The number of rotatable bonds is 2. The van der Waals surface area contributed by atoms with Crippen molar-refractivity contribution in [1.82, 2.24) is 0 Å². The van der Waals surface area contributed by atoms with Gasteiger partial charge >= 0.3 is 0 Å². The minimum atomic E-state index is -0.130. The van der Waals surface area contributed by atoms with Crippen LogP contribution < -0.4 is 0 Å². The Balaban J connectivity index is 2.02. The molecule has 2 rings (SSSR count). The minimum Gasteiger partial charge on any atom is -0.392 e. The first-order valence-electron chi connectivity index (χ1n) is 7.42. The van der Waals surface area contributed by atoms with E-state index >= 15 is 0 Å². The standard InChI is InChI=1S/C17H26OS/c1-17(2,3)13-9-11-14(12-10-13)19-16-8-6-4-5-7-15(16)18/h9-12,15-16,18H,4-8H2,1-3H3/t15-,16-/m0/s1. The van der Waals surface area contributed by atoms with Gasteiger partial charge in [-0.05, 0) is 36.0 Å². The third-order valence-electron chi connectivity index (χ3n) is 3.93. The molecule has 1 N–H and O–H groups in total. The van der Waals surface area contributed by atoms with Crippen LogP contribution >= 0.6 is 11.8 Å². The van der Waals surface area contributed by atoms with Gasteiger partial charge in [-0.2, -0.15) is 0 Å². The minimum absolute atomic E-state index is 0.130. The molecular weight excluding hydrogens is 252 g/mol. The SMILES string of the molecule is CC(C)(C)c1ccc(S[C@H]2CCCCC[C@@H]2O)cc1. The van der Waals surface area contributed by atoms with E-state index in [1.165, 1.54) is 29.7 Å². The van der Waals surface area contributed by atoms with E-state index in [0.29, 0.717) is 5.25 Å². The molecular formula is C17H26OS. The van der Waals surface area contributed by atoms with Gasteiger partial charge in [-0.3, -0.25) is 0 Å². The molecule has 1 aromatic carbocycles. The van der Waals surface area contributed by atoms with Crippen molar-refractivity contribution in [3.63, 3.8) is 0 Å². The molecule has 0 saturated heterocycles. The van der Waals surface area contributed by atoms with Crippen molar-refractivity contribution in [1.29, 1.82) is 0 Å². The van der Waals surface area contributed by atoms with Crippen molar-refractivity contribution in [2.75, 3.05) is 0 Å². The Labute approximate surface area is 121 Å². The topological polar surface area (TPSA) is 20.2 Å². The second-order valence-electron chi connectivity index (χ2n) is 6.64. The van der Waals surface area contributed by atoms with Crippen LogP contribution in [0.5, 0.6) is 0 Å². The van der Waals surface area contributed by atoms with Crippen LogP contribution in [0, 0.1) is 0 Å².